The van der Waals surface area contributed by atoms with E-state index in [4.69, 9.17) is 9.52 Å². The highest BCUT2D eigenvalue weighted by Crippen LogP contribution is 2.23. The summed E-state index contributed by atoms with van der Waals surface area (Å²) in [5.41, 5.74) is 3.38. The molecule has 0 radical (unpaired) electrons. The van der Waals surface area contributed by atoms with Crippen molar-refractivity contribution in [1.82, 2.24) is 4.98 Å². The fraction of sp³-hybridized carbons (Fsp3) is 0.231. The maximum atomic E-state index is 10.9. The molecule has 17 heavy (non-hydrogen) atoms. The first-order valence-electron chi connectivity index (χ1n) is 5.27. The lowest BCUT2D eigenvalue weighted by atomic mass is 10.1. The third-order valence-corrected chi connectivity index (χ3v) is 2.46. The lowest BCUT2D eigenvalue weighted by Gasteiger charge is -2.00. The van der Waals surface area contributed by atoms with Gasteiger partial charge in [-0.05, 0) is 32.9 Å². The predicted octanol–water partition coefficient (Wildman–Crippen LogP) is 2.97. The van der Waals surface area contributed by atoms with Gasteiger partial charge in [0.2, 0.25) is 11.7 Å². The van der Waals surface area contributed by atoms with Gasteiger partial charge >= 0.3 is 5.97 Å². The number of oxazole rings is 1. The van der Waals surface area contributed by atoms with Crippen molar-refractivity contribution < 1.29 is 14.3 Å². The third-order valence-electron chi connectivity index (χ3n) is 2.46. The second-order valence-electron chi connectivity index (χ2n) is 4.12. The Balaban J connectivity index is 2.53. The molecule has 0 unspecified atom stereocenters. The fourth-order valence-electron chi connectivity index (χ4n) is 1.82. The van der Waals surface area contributed by atoms with Gasteiger partial charge in [-0.1, -0.05) is 17.2 Å². The molecular weight excluding hydrogens is 218 g/mol. The van der Waals surface area contributed by atoms with Crippen molar-refractivity contribution in [3.05, 3.63) is 40.8 Å². The Morgan fingerprint density at radius 3 is 2.24 bits per heavy atom. The van der Waals surface area contributed by atoms with E-state index >= 15 is 0 Å². The topological polar surface area (TPSA) is 63.3 Å². The standard InChI is InChI=1S/C13H13NO3/c1-7-4-8(2)6-10(5-7)12-14-9(3)11(17-12)13(15)16/h4-6H,1-3H3,(H,15,16). The second kappa shape index (κ2) is 4.05. The number of nitrogens with zero attached hydrogens (tertiary/aromatic N) is 1. The smallest absolute Gasteiger partial charge is 0.373 e. The van der Waals surface area contributed by atoms with Crippen molar-refractivity contribution in [1.29, 1.82) is 0 Å². The van der Waals surface area contributed by atoms with Crippen molar-refractivity contribution in [3.8, 4) is 11.5 Å². The molecule has 0 fully saturated rings. The Hall–Kier alpha value is -2.10. The minimum absolute atomic E-state index is 0.0980. The zero-order valence-electron chi connectivity index (χ0n) is 9.94. The number of carboxylic acid groups (broad SMARTS) is 1. The Labute approximate surface area is 98.9 Å². The van der Waals surface area contributed by atoms with Gasteiger partial charge in [0, 0.05) is 5.56 Å². The van der Waals surface area contributed by atoms with E-state index in [1.165, 1.54) is 0 Å². The van der Waals surface area contributed by atoms with Crippen LogP contribution >= 0.6 is 0 Å². The largest absolute Gasteiger partial charge is 0.475 e. The summed E-state index contributed by atoms with van der Waals surface area (Å²) in [6.07, 6.45) is 0. The quantitative estimate of drug-likeness (QED) is 0.863. The highest BCUT2D eigenvalue weighted by Gasteiger charge is 2.17. The highest BCUT2D eigenvalue weighted by molar-refractivity contribution is 5.86. The summed E-state index contributed by atoms with van der Waals surface area (Å²) in [6, 6.07) is 5.88. The molecule has 0 aliphatic carbocycles. The summed E-state index contributed by atoms with van der Waals surface area (Å²) >= 11 is 0. The van der Waals surface area contributed by atoms with E-state index in [1.807, 2.05) is 32.0 Å². The maximum absolute atomic E-state index is 10.9. The SMILES string of the molecule is Cc1cc(C)cc(-c2nc(C)c(C(=O)O)o2)c1. The number of rotatable bonds is 2. The second-order valence-corrected chi connectivity index (χ2v) is 4.12. The molecule has 0 atom stereocenters. The van der Waals surface area contributed by atoms with Crippen LogP contribution in [0.3, 0.4) is 0 Å². The Kier molecular flexibility index (Phi) is 2.71. The number of carboxylic acids is 1. The Bertz CT molecular complexity index is 564. The number of aromatic carboxylic acids is 1. The van der Waals surface area contributed by atoms with Crippen molar-refractivity contribution in [2.24, 2.45) is 0 Å². The van der Waals surface area contributed by atoms with E-state index < -0.39 is 5.97 Å². The molecule has 0 amide bonds. The highest BCUT2D eigenvalue weighted by atomic mass is 16.4. The average Bonchev–Trinajstić information content (AvgIpc) is 2.59. The third kappa shape index (κ3) is 2.20. The fourth-order valence-corrected chi connectivity index (χ4v) is 1.82. The van der Waals surface area contributed by atoms with Gasteiger partial charge in [-0.2, -0.15) is 0 Å². The molecule has 0 saturated carbocycles. The van der Waals surface area contributed by atoms with Crippen LogP contribution < -0.4 is 0 Å². The summed E-state index contributed by atoms with van der Waals surface area (Å²) in [5.74, 6) is -0.837. The van der Waals surface area contributed by atoms with Gasteiger partial charge in [-0.25, -0.2) is 9.78 Å². The van der Waals surface area contributed by atoms with Crippen LogP contribution in [0.15, 0.2) is 22.6 Å². The normalized spacial score (nSPS) is 10.5. The number of hydrogen-bond donors (Lipinski definition) is 1. The summed E-state index contributed by atoms with van der Waals surface area (Å²) in [6.45, 7) is 5.58. The van der Waals surface area contributed by atoms with Crippen molar-refractivity contribution >= 4 is 5.97 Å². The summed E-state index contributed by atoms with van der Waals surface area (Å²) in [5, 5.41) is 8.90. The van der Waals surface area contributed by atoms with Gasteiger partial charge in [-0.15, -0.1) is 0 Å². The van der Waals surface area contributed by atoms with Gasteiger partial charge < -0.3 is 9.52 Å². The number of carbonyl (C=O) groups is 1. The van der Waals surface area contributed by atoms with Crippen LogP contribution in [0.25, 0.3) is 11.5 Å². The Morgan fingerprint density at radius 2 is 1.76 bits per heavy atom. The Morgan fingerprint density at radius 1 is 1.18 bits per heavy atom. The van der Waals surface area contributed by atoms with E-state index in [0.717, 1.165) is 16.7 Å². The van der Waals surface area contributed by atoms with Crippen LogP contribution in [0.4, 0.5) is 0 Å². The van der Waals surface area contributed by atoms with Gasteiger partial charge in [0.05, 0.1) is 5.69 Å². The molecule has 2 rings (SSSR count). The molecule has 0 saturated heterocycles. The molecular formula is C13H13NO3. The first kappa shape index (κ1) is 11.4. The van der Waals surface area contributed by atoms with Crippen LogP contribution in [0, 0.1) is 20.8 Å². The van der Waals surface area contributed by atoms with Crippen molar-refractivity contribution in [2.75, 3.05) is 0 Å². The number of aromatic nitrogens is 1. The first-order valence-corrected chi connectivity index (χ1v) is 5.27. The monoisotopic (exact) mass is 231 g/mol. The van der Waals surface area contributed by atoms with Crippen molar-refractivity contribution in [2.45, 2.75) is 20.8 Å². The van der Waals surface area contributed by atoms with E-state index in [1.54, 1.807) is 6.92 Å². The minimum atomic E-state index is -1.09. The van der Waals surface area contributed by atoms with Crippen LogP contribution in [0.2, 0.25) is 0 Å². The average molecular weight is 231 g/mol. The molecule has 4 heteroatoms. The van der Waals surface area contributed by atoms with Gasteiger partial charge in [-0.3, -0.25) is 0 Å². The van der Waals surface area contributed by atoms with E-state index in [0.29, 0.717) is 11.6 Å². The van der Waals surface area contributed by atoms with Crippen LogP contribution in [0.1, 0.15) is 27.4 Å². The zero-order chi connectivity index (χ0) is 12.6. The summed E-state index contributed by atoms with van der Waals surface area (Å²) in [4.78, 5) is 15.0. The summed E-state index contributed by atoms with van der Waals surface area (Å²) < 4.78 is 5.26. The number of hydrogen-bond acceptors (Lipinski definition) is 3. The number of aryl methyl sites for hydroxylation is 3. The van der Waals surface area contributed by atoms with Crippen molar-refractivity contribution in [3.63, 3.8) is 0 Å². The molecule has 4 nitrogen and oxygen atoms in total. The molecule has 0 bridgehead atoms. The first-order chi connectivity index (χ1) is 7.97. The molecule has 1 heterocycles. The molecule has 1 N–H and O–H groups in total. The van der Waals surface area contributed by atoms with Crippen LogP contribution in [0.5, 0.6) is 0 Å². The van der Waals surface area contributed by atoms with Gasteiger partial charge in [0.1, 0.15) is 0 Å². The summed E-state index contributed by atoms with van der Waals surface area (Å²) in [7, 11) is 0. The molecule has 2 aromatic rings. The molecule has 0 aliphatic heterocycles. The molecule has 1 aromatic carbocycles. The lowest BCUT2D eigenvalue weighted by molar-refractivity contribution is 0.0662. The zero-order valence-corrected chi connectivity index (χ0v) is 9.94. The van der Waals surface area contributed by atoms with E-state index in [2.05, 4.69) is 4.98 Å². The number of benzene rings is 1. The van der Waals surface area contributed by atoms with Crippen LogP contribution in [-0.2, 0) is 0 Å². The minimum Gasteiger partial charge on any atom is -0.475 e. The predicted molar refractivity (Wildman–Crippen MR) is 63.1 cm³/mol. The van der Waals surface area contributed by atoms with Gasteiger partial charge in [0.25, 0.3) is 0 Å². The van der Waals surface area contributed by atoms with E-state index in [-0.39, 0.29) is 5.76 Å². The lowest BCUT2D eigenvalue weighted by Crippen LogP contribution is -1.95. The molecule has 0 aliphatic rings. The van der Waals surface area contributed by atoms with E-state index in [9.17, 15) is 4.79 Å². The molecule has 0 spiro atoms. The molecule has 88 valence electrons. The van der Waals surface area contributed by atoms with Crippen LogP contribution in [-0.4, -0.2) is 16.1 Å². The molecule has 1 aromatic heterocycles. The maximum Gasteiger partial charge on any atom is 0.373 e. The van der Waals surface area contributed by atoms with Gasteiger partial charge in [0.15, 0.2) is 0 Å².